The van der Waals surface area contributed by atoms with Crippen LogP contribution < -0.4 is 5.32 Å². The molecule has 5 nitrogen and oxygen atoms in total. The van der Waals surface area contributed by atoms with Crippen molar-refractivity contribution in [2.45, 2.75) is 78.4 Å². The molecule has 0 aliphatic rings. The fourth-order valence-corrected chi connectivity index (χ4v) is 2.49. The molecule has 132 valence electrons. The molecule has 0 rings (SSSR count). The number of aliphatic hydroxyl groups is 1. The van der Waals surface area contributed by atoms with Crippen LogP contribution in [0, 0.1) is 0 Å². The number of carbonyl (C=O) groups is 1. The maximum absolute atomic E-state index is 11.8. The van der Waals surface area contributed by atoms with Crippen molar-refractivity contribution in [2.24, 2.45) is 0 Å². The molecule has 0 spiro atoms. The van der Waals surface area contributed by atoms with Gasteiger partial charge in [0.2, 0.25) is 0 Å². The van der Waals surface area contributed by atoms with Gasteiger partial charge in [-0.15, -0.1) is 0 Å². The number of alkyl carbamates (subject to hydrolysis) is 1. The third-order valence-electron chi connectivity index (χ3n) is 3.89. The minimum Gasteiger partial charge on any atom is -0.448 e. The van der Waals surface area contributed by atoms with Gasteiger partial charge in [0.1, 0.15) is 6.61 Å². The topological polar surface area (TPSA) is 61.8 Å². The van der Waals surface area contributed by atoms with Gasteiger partial charge in [-0.1, -0.05) is 46.5 Å². The summed E-state index contributed by atoms with van der Waals surface area (Å²) in [6.45, 7) is 11.2. The highest BCUT2D eigenvalue weighted by Gasteiger charge is 2.15. The number of hydrogen-bond donors (Lipinski definition) is 2. The van der Waals surface area contributed by atoms with Crippen LogP contribution in [0.15, 0.2) is 0 Å². The highest BCUT2D eigenvalue weighted by Crippen LogP contribution is 2.10. The minimum atomic E-state index is -0.410. The van der Waals surface area contributed by atoms with Crippen LogP contribution in [-0.4, -0.2) is 54.5 Å². The van der Waals surface area contributed by atoms with Crippen LogP contribution >= 0.6 is 0 Å². The van der Waals surface area contributed by atoms with Crippen molar-refractivity contribution in [1.29, 1.82) is 0 Å². The molecule has 0 aromatic heterocycles. The van der Waals surface area contributed by atoms with Crippen LogP contribution in [0.1, 0.15) is 66.2 Å². The van der Waals surface area contributed by atoms with Gasteiger partial charge in [-0.25, -0.2) is 4.79 Å². The van der Waals surface area contributed by atoms with Gasteiger partial charge in [0.25, 0.3) is 0 Å². The van der Waals surface area contributed by atoms with Crippen LogP contribution in [0.4, 0.5) is 4.79 Å². The van der Waals surface area contributed by atoms with Gasteiger partial charge in [0.15, 0.2) is 0 Å². The van der Waals surface area contributed by atoms with Gasteiger partial charge in [-0.05, 0) is 32.9 Å². The van der Waals surface area contributed by atoms with Crippen molar-refractivity contribution in [3.8, 4) is 0 Å². The average molecular weight is 316 g/mol. The van der Waals surface area contributed by atoms with Gasteiger partial charge in [0.05, 0.1) is 6.10 Å². The van der Waals surface area contributed by atoms with Crippen molar-refractivity contribution in [2.75, 3.05) is 26.2 Å². The van der Waals surface area contributed by atoms with Crippen molar-refractivity contribution >= 4 is 6.09 Å². The van der Waals surface area contributed by atoms with Crippen molar-refractivity contribution in [3.05, 3.63) is 0 Å². The third-order valence-corrected chi connectivity index (χ3v) is 3.89. The largest absolute Gasteiger partial charge is 0.448 e. The second kappa shape index (κ2) is 13.8. The first-order valence-electron chi connectivity index (χ1n) is 8.87. The summed E-state index contributed by atoms with van der Waals surface area (Å²) < 4.78 is 5.24. The molecule has 0 saturated carbocycles. The van der Waals surface area contributed by atoms with Crippen LogP contribution in [-0.2, 0) is 4.74 Å². The van der Waals surface area contributed by atoms with E-state index in [1.54, 1.807) is 6.92 Å². The van der Waals surface area contributed by atoms with E-state index < -0.39 is 6.10 Å². The summed E-state index contributed by atoms with van der Waals surface area (Å²) in [5.41, 5.74) is 0. The number of nitrogens with one attached hydrogen (secondary N) is 1. The Morgan fingerprint density at radius 3 is 2.41 bits per heavy atom. The first kappa shape index (κ1) is 21.2. The number of amides is 1. The molecule has 0 aliphatic carbocycles. The Labute approximate surface area is 136 Å². The molecular formula is C17H36N2O3. The highest BCUT2D eigenvalue weighted by molar-refractivity contribution is 5.67. The molecule has 1 amide bonds. The Kier molecular flexibility index (Phi) is 13.3. The normalized spacial score (nSPS) is 13.9. The zero-order chi connectivity index (χ0) is 16.8. The third kappa shape index (κ3) is 11.8. The summed E-state index contributed by atoms with van der Waals surface area (Å²) in [5, 5.41) is 12.4. The lowest BCUT2D eigenvalue weighted by Crippen LogP contribution is -2.38. The SMILES string of the molecule is CCCCCCC(CC(C)O)NC(=O)OCCN(CC)CC. The highest BCUT2D eigenvalue weighted by atomic mass is 16.5. The molecule has 0 heterocycles. The summed E-state index contributed by atoms with van der Waals surface area (Å²) >= 11 is 0. The fourth-order valence-electron chi connectivity index (χ4n) is 2.49. The molecule has 0 fully saturated rings. The maximum Gasteiger partial charge on any atom is 0.407 e. The maximum atomic E-state index is 11.8. The number of hydrogen-bond acceptors (Lipinski definition) is 4. The number of aliphatic hydroxyl groups excluding tert-OH is 1. The van der Waals surface area contributed by atoms with E-state index in [0.29, 0.717) is 13.0 Å². The van der Waals surface area contributed by atoms with Crippen LogP contribution in [0.2, 0.25) is 0 Å². The summed E-state index contributed by atoms with van der Waals surface area (Å²) in [7, 11) is 0. The van der Waals surface area contributed by atoms with Crippen LogP contribution in [0.3, 0.4) is 0 Å². The Morgan fingerprint density at radius 2 is 1.86 bits per heavy atom. The number of rotatable bonds is 13. The molecule has 0 aliphatic heterocycles. The molecule has 22 heavy (non-hydrogen) atoms. The lowest BCUT2D eigenvalue weighted by atomic mass is 10.0. The summed E-state index contributed by atoms with van der Waals surface area (Å²) in [6.07, 6.45) is 5.36. The number of ether oxygens (including phenoxy) is 1. The zero-order valence-corrected chi connectivity index (χ0v) is 14.9. The molecule has 2 N–H and O–H groups in total. The van der Waals surface area contributed by atoms with Crippen LogP contribution in [0.5, 0.6) is 0 Å². The molecule has 0 saturated heterocycles. The van der Waals surface area contributed by atoms with Gasteiger partial charge in [-0.3, -0.25) is 0 Å². The second-order valence-electron chi connectivity index (χ2n) is 5.94. The monoisotopic (exact) mass is 316 g/mol. The van der Waals surface area contributed by atoms with Gasteiger partial charge < -0.3 is 20.1 Å². The van der Waals surface area contributed by atoms with Gasteiger partial charge in [-0.2, -0.15) is 0 Å². The molecular weight excluding hydrogens is 280 g/mol. The van der Waals surface area contributed by atoms with E-state index >= 15 is 0 Å². The first-order valence-corrected chi connectivity index (χ1v) is 8.87. The van der Waals surface area contributed by atoms with E-state index in [1.807, 2.05) is 0 Å². The van der Waals surface area contributed by atoms with E-state index in [-0.39, 0.29) is 12.1 Å². The van der Waals surface area contributed by atoms with Crippen molar-refractivity contribution in [3.63, 3.8) is 0 Å². The number of unbranched alkanes of at least 4 members (excludes halogenated alkanes) is 3. The Bertz CT molecular complexity index is 269. The molecule has 2 unspecified atom stereocenters. The van der Waals surface area contributed by atoms with E-state index in [0.717, 1.165) is 32.5 Å². The number of nitrogens with zero attached hydrogens (tertiary/aromatic N) is 1. The van der Waals surface area contributed by atoms with E-state index in [4.69, 9.17) is 4.74 Å². The predicted octanol–water partition coefficient (Wildman–Crippen LogP) is 3.16. The number of carbonyl (C=O) groups excluding carboxylic acids is 1. The van der Waals surface area contributed by atoms with Crippen molar-refractivity contribution in [1.82, 2.24) is 10.2 Å². The summed E-state index contributed by atoms with van der Waals surface area (Å²) in [6, 6.07) is -0.00203. The standard InChI is InChI=1S/C17H36N2O3/c1-5-8-9-10-11-16(14-15(4)20)18-17(21)22-13-12-19(6-2)7-3/h15-16,20H,5-14H2,1-4H3,(H,18,21). The van der Waals surface area contributed by atoms with E-state index in [1.165, 1.54) is 19.3 Å². The van der Waals surface area contributed by atoms with E-state index in [9.17, 15) is 9.90 Å². The Hall–Kier alpha value is -0.810. The first-order chi connectivity index (χ1) is 10.5. The Balaban J connectivity index is 4.03. The van der Waals surface area contributed by atoms with Gasteiger partial charge >= 0.3 is 6.09 Å². The minimum absolute atomic E-state index is 0.00203. The predicted molar refractivity (Wildman–Crippen MR) is 91.1 cm³/mol. The second-order valence-corrected chi connectivity index (χ2v) is 5.94. The van der Waals surface area contributed by atoms with Crippen LogP contribution in [0.25, 0.3) is 0 Å². The summed E-state index contributed by atoms with van der Waals surface area (Å²) in [4.78, 5) is 14.1. The molecule has 0 bridgehead atoms. The van der Waals surface area contributed by atoms with Crippen molar-refractivity contribution < 1.29 is 14.6 Å². The van der Waals surface area contributed by atoms with E-state index in [2.05, 4.69) is 31.0 Å². The molecule has 5 heteroatoms. The molecule has 0 radical (unpaired) electrons. The fraction of sp³-hybridized carbons (Fsp3) is 0.941. The zero-order valence-electron chi connectivity index (χ0n) is 14.9. The number of likely N-dealkylation sites (N-methyl/N-ethyl adjacent to an activating group) is 1. The Morgan fingerprint density at radius 1 is 1.18 bits per heavy atom. The molecule has 2 atom stereocenters. The summed E-state index contributed by atoms with van der Waals surface area (Å²) in [5.74, 6) is 0. The van der Waals surface area contributed by atoms with Gasteiger partial charge in [0, 0.05) is 12.6 Å². The molecule has 0 aromatic rings. The lowest BCUT2D eigenvalue weighted by molar-refractivity contribution is 0.118. The quantitative estimate of drug-likeness (QED) is 0.512. The molecule has 0 aromatic carbocycles. The smallest absolute Gasteiger partial charge is 0.407 e. The lowest BCUT2D eigenvalue weighted by Gasteiger charge is -2.21. The average Bonchev–Trinajstić information content (AvgIpc) is 2.47.